The van der Waals surface area contributed by atoms with Gasteiger partial charge in [-0.2, -0.15) is 0 Å². The summed E-state index contributed by atoms with van der Waals surface area (Å²) in [6.45, 7) is 4.79. The first kappa shape index (κ1) is 4.70. The van der Waals surface area contributed by atoms with E-state index in [2.05, 4.69) is 12.7 Å². The standard InChI is InChI=1S/C4H7O/c1-3-4(2)5/h4-5H,1H2,2H3/t4-/m0/s1. The van der Waals surface area contributed by atoms with Gasteiger partial charge in [-0.05, 0) is 13.0 Å². The molecule has 0 aliphatic carbocycles. The van der Waals surface area contributed by atoms with Gasteiger partial charge in [-0.15, -0.1) is 0 Å². The zero-order valence-electron chi connectivity index (χ0n) is 3.23. The van der Waals surface area contributed by atoms with Crippen LogP contribution in [0.4, 0.5) is 0 Å². The van der Waals surface area contributed by atoms with Crippen LogP contribution in [0.3, 0.4) is 0 Å². The van der Waals surface area contributed by atoms with Gasteiger partial charge in [0.2, 0.25) is 0 Å². The number of hydrogen-bond acceptors (Lipinski definition) is 1. The Morgan fingerprint density at radius 3 is 2.20 bits per heavy atom. The van der Waals surface area contributed by atoms with Gasteiger partial charge in [0, 0.05) is 0 Å². The fraction of sp³-hybridized carbons (Fsp3) is 0.500. The molecule has 0 aromatic carbocycles. The highest BCUT2D eigenvalue weighted by atomic mass is 16.3. The van der Waals surface area contributed by atoms with E-state index in [1.807, 2.05) is 0 Å². The Morgan fingerprint density at radius 1 is 2.00 bits per heavy atom. The minimum Gasteiger partial charge on any atom is -0.389 e. The molecule has 29 valence electrons. The van der Waals surface area contributed by atoms with Gasteiger partial charge in [0.25, 0.3) is 0 Å². The summed E-state index contributed by atoms with van der Waals surface area (Å²) in [5.74, 6) is 0. The van der Waals surface area contributed by atoms with Crippen molar-refractivity contribution >= 4 is 0 Å². The van der Waals surface area contributed by atoms with Crippen molar-refractivity contribution in [3.05, 3.63) is 12.7 Å². The minimum absolute atomic E-state index is 0.477. The quantitative estimate of drug-likeness (QED) is 0.473. The van der Waals surface area contributed by atoms with Crippen molar-refractivity contribution in [2.45, 2.75) is 13.0 Å². The molecule has 5 heavy (non-hydrogen) atoms. The van der Waals surface area contributed by atoms with Crippen LogP contribution in [0.5, 0.6) is 0 Å². The van der Waals surface area contributed by atoms with Crippen molar-refractivity contribution in [2.24, 2.45) is 0 Å². The molecule has 1 radical (unpaired) electrons. The summed E-state index contributed by atoms with van der Waals surface area (Å²) < 4.78 is 0. The van der Waals surface area contributed by atoms with Crippen LogP contribution in [0, 0.1) is 6.08 Å². The van der Waals surface area contributed by atoms with E-state index in [0.717, 1.165) is 0 Å². The molecule has 0 aliphatic heterocycles. The van der Waals surface area contributed by atoms with E-state index in [1.54, 1.807) is 6.92 Å². The summed E-state index contributed by atoms with van der Waals surface area (Å²) in [5, 5.41) is 8.19. The van der Waals surface area contributed by atoms with Crippen LogP contribution in [-0.2, 0) is 0 Å². The zero-order chi connectivity index (χ0) is 4.28. The second-order valence-corrected chi connectivity index (χ2v) is 0.880. The molecule has 1 heteroatoms. The Morgan fingerprint density at radius 2 is 2.20 bits per heavy atom. The van der Waals surface area contributed by atoms with Crippen LogP contribution in [0.1, 0.15) is 6.92 Å². The lowest BCUT2D eigenvalue weighted by molar-refractivity contribution is 0.237. The second kappa shape index (κ2) is 1.97. The van der Waals surface area contributed by atoms with Gasteiger partial charge in [-0.3, -0.25) is 0 Å². The van der Waals surface area contributed by atoms with Crippen LogP contribution in [0.15, 0.2) is 6.58 Å². The normalized spacial score (nSPS) is 14.0. The van der Waals surface area contributed by atoms with Crippen LogP contribution < -0.4 is 0 Å². The monoisotopic (exact) mass is 71.0 g/mol. The molecule has 0 heterocycles. The van der Waals surface area contributed by atoms with Crippen molar-refractivity contribution in [2.75, 3.05) is 0 Å². The Hall–Kier alpha value is -0.300. The lowest BCUT2D eigenvalue weighted by Gasteiger charge is -1.83. The third kappa shape index (κ3) is 3.70. The third-order valence-electron chi connectivity index (χ3n) is 0.295. The number of rotatable bonds is 1. The van der Waals surface area contributed by atoms with E-state index in [0.29, 0.717) is 0 Å². The topological polar surface area (TPSA) is 20.2 Å². The minimum atomic E-state index is -0.477. The highest BCUT2D eigenvalue weighted by molar-refractivity contribution is 4.60. The Bertz CT molecular complexity index is 30.6. The second-order valence-electron chi connectivity index (χ2n) is 0.880. The number of aliphatic hydroxyl groups excluding tert-OH is 1. The van der Waals surface area contributed by atoms with E-state index in [9.17, 15) is 0 Å². The van der Waals surface area contributed by atoms with Crippen LogP contribution in [0.2, 0.25) is 0 Å². The first-order chi connectivity index (χ1) is 2.27. The lowest BCUT2D eigenvalue weighted by Crippen LogP contribution is -1.89. The molecule has 0 spiro atoms. The molecule has 0 aromatic heterocycles. The summed E-state index contributed by atoms with van der Waals surface area (Å²) in [5.41, 5.74) is 0. The predicted octanol–water partition coefficient (Wildman–Crippen LogP) is 0.356. The maximum atomic E-state index is 8.19. The molecule has 0 saturated heterocycles. The Kier molecular flexibility index (Phi) is 1.85. The molecule has 0 unspecified atom stereocenters. The van der Waals surface area contributed by atoms with Crippen molar-refractivity contribution in [1.82, 2.24) is 0 Å². The number of aliphatic hydroxyl groups is 1. The van der Waals surface area contributed by atoms with Crippen LogP contribution in [-0.4, -0.2) is 11.2 Å². The SMILES string of the molecule is C=[C][C@H](C)O. The van der Waals surface area contributed by atoms with Crippen molar-refractivity contribution < 1.29 is 5.11 Å². The van der Waals surface area contributed by atoms with Crippen molar-refractivity contribution in [1.29, 1.82) is 0 Å². The molecule has 0 bridgehead atoms. The van der Waals surface area contributed by atoms with Crippen LogP contribution in [0.25, 0.3) is 0 Å². The summed E-state index contributed by atoms with van der Waals surface area (Å²) in [4.78, 5) is 0. The first-order valence-electron chi connectivity index (χ1n) is 1.48. The predicted molar refractivity (Wildman–Crippen MR) is 20.6 cm³/mol. The largest absolute Gasteiger partial charge is 0.389 e. The molecular weight excluding hydrogens is 64.0 g/mol. The van der Waals surface area contributed by atoms with E-state index in [-0.39, 0.29) is 0 Å². The fourth-order valence-corrected chi connectivity index (χ4v) is 0. The highest BCUT2D eigenvalue weighted by Gasteiger charge is 1.76. The van der Waals surface area contributed by atoms with Crippen molar-refractivity contribution in [3.63, 3.8) is 0 Å². The van der Waals surface area contributed by atoms with Gasteiger partial charge in [0.05, 0.1) is 6.10 Å². The molecule has 0 saturated carbocycles. The Balaban J connectivity index is 2.83. The maximum Gasteiger partial charge on any atom is 0.0759 e. The lowest BCUT2D eigenvalue weighted by atomic mass is 10.4. The Labute approximate surface area is 31.9 Å². The van der Waals surface area contributed by atoms with Gasteiger partial charge in [0.1, 0.15) is 0 Å². The first-order valence-corrected chi connectivity index (χ1v) is 1.48. The zero-order valence-corrected chi connectivity index (χ0v) is 3.23. The summed E-state index contributed by atoms with van der Waals surface area (Å²) >= 11 is 0. The molecule has 0 aliphatic rings. The summed E-state index contributed by atoms with van der Waals surface area (Å²) in [7, 11) is 0. The molecule has 1 atom stereocenters. The van der Waals surface area contributed by atoms with Gasteiger partial charge in [-0.25, -0.2) is 0 Å². The summed E-state index contributed by atoms with van der Waals surface area (Å²) in [6, 6.07) is 0. The number of hydrogen-bond donors (Lipinski definition) is 1. The smallest absolute Gasteiger partial charge is 0.0759 e. The van der Waals surface area contributed by atoms with E-state index in [1.165, 1.54) is 0 Å². The third-order valence-corrected chi connectivity index (χ3v) is 0.295. The average Bonchev–Trinajstić information content (AvgIpc) is 1.38. The maximum absolute atomic E-state index is 8.19. The molecule has 0 amide bonds. The highest BCUT2D eigenvalue weighted by Crippen LogP contribution is 1.71. The van der Waals surface area contributed by atoms with Gasteiger partial charge in [-0.1, -0.05) is 6.58 Å². The van der Waals surface area contributed by atoms with E-state index < -0.39 is 6.10 Å². The van der Waals surface area contributed by atoms with Gasteiger partial charge < -0.3 is 5.11 Å². The molecule has 0 fully saturated rings. The molecular formula is C4H7O. The molecule has 1 nitrogen and oxygen atoms in total. The fourth-order valence-electron chi connectivity index (χ4n) is 0. The molecule has 1 N–H and O–H groups in total. The van der Waals surface area contributed by atoms with Gasteiger partial charge >= 0.3 is 0 Å². The molecule has 0 rings (SSSR count). The van der Waals surface area contributed by atoms with E-state index >= 15 is 0 Å². The van der Waals surface area contributed by atoms with Crippen LogP contribution >= 0.6 is 0 Å². The molecule has 0 aromatic rings. The van der Waals surface area contributed by atoms with Gasteiger partial charge in [0.15, 0.2) is 0 Å². The van der Waals surface area contributed by atoms with E-state index in [4.69, 9.17) is 5.11 Å². The average molecular weight is 71.1 g/mol. The summed E-state index contributed by atoms with van der Waals surface area (Å²) in [6.07, 6.45) is 1.86. The van der Waals surface area contributed by atoms with Crippen molar-refractivity contribution in [3.8, 4) is 0 Å².